The lowest BCUT2D eigenvalue weighted by Crippen LogP contribution is -2.46. The Kier molecular flexibility index (Phi) is 6.43. The van der Waals surface area contributed by atoms with Gasteiger partial charge in [-0.2, -0.15) is 0 Å². The first-order valence-electron chi connectivity index (χ1n) is 11.4. The number of rotatable bonds is 6. The van der Waals surface area contributed by atoms with Crippen LogP contribution in [0.1, 0.15) is 55.3 Å². The van der Waals surface area contributed by atoms with Gasteiger partial charge in [-0.25, -0.2) is 9.18 Å². The SMILES string of the molecule is O=C(NCCCN1C(=O)NC2(CCCC2)C1=O)C1CCCN(C(=O)c2ccc(F)cc2)C1. The van der Waals surface area contributed by atoms with Gasteiger partial charge in [-0.1, -0.05) is 12.8 Å². The summed E-state index contributed by atoms with van der Waals surface area (Å²) in [6.45, 7) is 1.50. The molecule has 1 unspecified atom stereocenters. The first-order chi connectivity index (χ1) is 15.4. The fourth-order valence-corrected chi connectivity index (χ4v) is 4.94. The summed E-state index contributed by atoms with van der Waals surface area (Å²) in [6, 6.07) is 5.06. The van der Waals surface area contributed by atoms with E-state index in [1.807, 2.05) is 0 Å². The van der Waals surface area contributed by atoms with Crippen molar-refractivity contribution >= 4 is 23.8 Å². The normalized spacial score (nSPS) is 22.3. The third-order valence-corrected chi connectivity index (χ3v) is 6.73. The second kappa shape index (κ2) is 9.26. The Hall–Kier alpha value is -2.97. The fraction of sp³-hybridized carbons (Fsp3) is 0.565. The molecule has 2 heterocycles. The van der Waals surface area contributed by atoms with E-state index in [0.29, 0.717) is 50.9 Å². The summed E-state index contributed by atoms with van der Waals surface area (Å²) >= 11 is 0. The number of nitrogens with one attached hydrogen (secondary N) is 2. The van der Waals surface area contributed by atoms with Crippen molar-refractivity contribution in [2.75, 3.05) is 26.2 Å². The molecule has 2 saturated heterocycles. The molecule has 32 heavy (non-hydrogen) atoms. The number of hydrogen-bond donors (Lipinski definition) is 2. The number of hydrogen-bond acceptors (Lipinski definition) is 4. The Morgan fingerprint density at radius 1 is 1.12 bits per heavy atom. The summed E-state index contributed by atoms with van der Waals surface area (Å²) in [6.07, 6.45) is 5.16. The second-order valence-corrected chi connectivity index (χ2v) is 8.92. The van der Waals surface area contributed by atoms with Crippen molar-refractivity contribution in [3.63, 3.8) is 0 Å². The molecule has 1 aromatic rings. The highest BCUT2D eigenvalue weighted by Crippen LogP contribution is 2.35. The third kappa shape index (κ3) is 4.47. The molecule has 2 N–H and O–H groups in total. The number of piperidine rings is 1. The van der Waals surface area contributed by atoms with E-state index in [4.69, 9.17) is 0 Å². The minimum atomic E-state index is -0.705. The van der Waals surface area contributed by atoms with Crippen LogP contribution >= 0.6 is 0 Å². The number of likely N-dealkylation sites (tertiary alicyclic amines) is 1. The van der Waals surface area contributed by atoms with Crippen LogP contribution in [0.5, 0.6) is 0 Å². The zero-order valence-electron chi connectivity index (χ0n) is 18.1. The van der Waals surface area contributed by atoms with Crippen LogP contribution in [-0.2, 0) is 9.59 Å². The summed E-state index contributed by atoms with van der Waals surface area (Å²) < 4.78 is 13.1. The lowest BCUT2D eigenvalue weighted by molar-refractivity contribution is -0.131. The number of nitrogens with zero attached hydrogens (tertiary/aromatic N) is 2. The van der Waals surface area contributed by atoms with E-state index in [2.05, 4.69) is 10.6 Å². The first kappa shape index (κ1) is 22.2. The Labute approximate surface area is 186 Å². The largest absolute Gasteiger partial charge is 0.356 e. The number of carbonyl (C=O) groups excluding carboxylic acids is 4. The molecule has 1 aliphatic carbocycles. The minimum Gasteiger partial charge on any atom is -0.356 e. The molecule has 9 heteroatoms. The molecule has 2 aliphatic heterocycles. The topological polar surface area (TPSA) is 98.8 Å². The van der Waals surface area contributed by atoms with E-state index < -0.39 is 11.4 Å². The van der Waals surface area contributed by atoms with Crippen molar-refractivity contribution < 1.29 is 23.6 Å². The van der Waals surface area contributed by atoms with Gasteiger partial charge >= 0.3 is 6.03 Å². The molecule has 3 aliphatic rings. The number of urea groups is 1. The highest BCUT2D eigenvalue weighted by Gasteiger charge is 2.52. The molecular weight excluding hydrogens is 415 g/mol. The summed E-state index contributed by atoms with van der Waals surface area (Å²) in [7, 11) is 0. The molecule has 4 rings (SSSR count). The maximum Gasteiger partial charge on any atom is 0.325 e. The van der Waals surface area contributed by atoms with E-state index in [9.17, 15) is 23.6 Å². The average molecular weight is 445 g/mol. The van der Waals surface area contributed by atoms with Gasteiger partial charge in [0.2, 0.25) is 5.91 Å². The summed E-state index contributed by atoms with van der Waals surface area (Å²) in [5.74, 6) is -1.20. The molecule has 1 spiro atoms. The van der Waals surface area contributed by atoms with Gasteiger partial charge in [0.15, 0.2) is 0 Å². The molecule has 3 fully saturated rings. The quantitative estimate of drug-likeness (QED) is 0.518. The zero-order valence-corrected chi connectivity index (χ0v) is 18.1. The van der Waals surface area contributed by atoms with Gasteiger partial charge in [-0.3, -0.25) is 19.3 Å². The van der Waals surface area contributed by atoms with Gasteiger partial charge in [-0.05, 0) is 56.4 Å². The van der Waals surface area contributed by atoms with Crippen molar-refractivity contribution in [3.05, 3.63) is 35.6 Å². The predicted molar refractivity (Wildman–Crippen MR) is 114 cm³/mol. The summed E-state index contributed by atoms with van der Waals surface area (Å²) in [4.78, 5) is 53.0. The van der Waals surface area contributed by atoms with E-state index in [1.54, 1.807) is 4.90 Å². The minimum absolute atomic E-state index is 0.133. The van der Waals surface area contributed by atoms with Crippen LogP contribution in [0.2, 0.25) is 0 Å². The van der Waals surface area contributed by atoms with E-state index in [1.165, 1.54) is 29.2 Å². The van der Waals surface area contributed by atoms with Crippen molar-refractivity contribution in [1.82, 2.24) is 20.4 Å². The number of carbonyl (C=O) groups is 4. The van der Waals surface area contributed by atoms with Gasteiger partial charge < -0.3 is 15.5 Å². The second-order valence-electron chi connectivity index (χ2n) is 8.92. The van der Waals surface area contributed by atoms with Crippen LogP contribution in [-0.4, -0.2) is 65.3 Å². The molecular formula is C23H29FN4O4. The lowest BCUT2D eigenvalue weighted by Gasteiger charge is -2.32. The van der Waals surface area contributed by atoms with Crippen LogP contribution in [0, 0.1) is 11.7 Å². The Morgan fingerprint density at radius 2 is 1.84 bits per heavy atom. The van der Waals surface area contributed by atoms with Crippen LogP contribution in [0.4, 0.5) is 9.18 Å². The monoisotopic (exact) mass is 444 g/mol. The highest BCUT2D eigenvalue weighted by atomic mass is 19.1. The zero-order chi connectivity index (χ0) is 22.7. The summed E-state index contributed by atoms with van der Waals surface area (Å²) in [5, 5.41) is 5.73. The van der Waals surface area contributed by atoms with Gasteiger partial charge in [0.1, 0.15) is 11.4 Å². The molecule has 0 aromatic heterocycles. The molecule has 0 bridgehead atoms. The number of amides is 5. The Bertz CT molecular complexity index is 898. The smallest absolute Gasteiger partial charge is 0.325 e. The number of imide groups is 1. The van der Waals surface area contributed by atoms with Crippen molar-refractivity contribution in [3.8, 4) is 0 Å². The first-order valence-corrected chi connectivity index (χ1v) is 11.4. The maximum absolute atomic E-state index is 13.1. The molecule has 1 saturated carbocycles. The Morgan fingerprint density at radius 3 is 2.56 bits per heavy atom. The maximum atomic E-state index is 13.1. The van der Waals surface area contributed by atoms with Gasteiger partial charge in [0.25, 0.3) is 11.8 Å². The van der Waals surface area contributed by atoms with Crippen LogP contribution in [0.3, 0.4) is 0 Å². The van der Waals surface area contributed by atoms with E-state index >= 15 is 0 Å². The predicted octanol–water partition coefficient (Wildman–Crippen LogP) is 2.05. The van der Waals surface area contributed by atoms with Crippen molar-refractivity contribution in [2.45, 2.75) is 50.5 Å². The fourth-order valence-electron chi connectivity index (χ4n) is 4.94. The Balaban J connectivity index is 1.23. The number of benzene rings is 1. The lowest BCUT2D eigenvalue weighted by atomic mass is 9.96. The van der Waals surface area contributed by atoms with Crippen LogP contribution in [0.15, 0.2) is 24.3 Å². The molecule has 1 atom stereocenters. The van der Waals surface area contributed by atoms with E-state index in [-0.39, 0.29) is 36.2 Å². The summed E-state index contributed by atoms with van der Waals surface area (Å²) in [5.41, 5.74) is -0.302. The molecule has 5 amide bonds. The van der Waals surface area contributed by atoms with Gasteiger partial charge in [0, 0.05) is 31.7 Å². The van der Waals surface area contributed by atoms with Gasteiger partial charge in [0.05, 0.1) is 5.92 Å². The van der Waals surface area contributed by atoms with Crippen LogP contribution in [0.25, 0.3) is 0 Å². The van der Waals surface area contributed by atoms with E-state index in [0.717, 1.165) is 19.3 Å². The molecule has 1 aromatic carbocycles. The molecule has 8 nitrogen and oxygen atoms in total. The standard InChI is InChI=1S/C23H29FN4O4/c24-18-8-6-16(7-9-18)20(30)27-13-3-5-17(15-27)19(29)25-12-4-14-28-21(31)23(26-22(28)32)10-1-2-11-23/h6-9,17H,1-5,10-15H2,(H,25,29)(H,26,32). The van der Waals surface area contributed by atoms with Crippen molar-refractivity contribution in [1.29, 1.82) is 0 Å². The third-order valence-electron chi connectivity index (χ3n) is 6.73. The molecule has 0 radical (unpaired) electrons. The molecule has 172 valence electrons. The van der Waals surface area contributed by atoms with Gasteiger partial charge in [-0.15, -0.1) is 0 Å². The number of halogens is 1. The highest BCUT2D eigenvalue weighted by molar-refractivity contribution is 6.07. The average Bonchev–Trinajstić information content (AvgIpc) is 3.36. The van der Waals surface area contributed by atoms with Crippen molar-refractivity contribution in [2.24, 2.45) is 5.92 Å². The van der Waals surface area contributed by atoms with Crippen LogP contribution < -0.4 is 10.6 Å².